The van der Waals surface area contributed by atoms with E-state index in [-0.39, 0.29) is 31.7 Å². The van der Waals surface area contributed by atoms with Crippen LogP contribution in [0.25, 0.3) is 0 Å². The molecule has 1 aliphatic heterocycles. The lowest BCUT2D eigenvalue weighted by Gasteiger charge is -2.21. The quantitative estimate of drug-likeness (QED) is 0.704. The number of nitrogens with one attached hydrogen (secondary N) is 1. The van der Waals surface area contributed by atoms with Gasteiger partial charge in [0.2, 0.25) is 5.91 Å². The summed E-state index contributed by atoms with van der Waals surface area (Å²) in [4.78, 5) is 14.4. The third kappa shape index (κ3) is 6.37. The molecule has 2 unspecified atom stereocenters. The molecule has 0 bridgehead atoms. The Morgan fingerprint density at radius 3 is 2.90 bits per heavy atom. The minimum Gasteiger partial charge on any atom is -0.497 e. The Hall–Kier alpha value is -2.77. The fourth-order valence-corrected chi connectivity index (χ4v) is 3.23. The molecule has 7 heteroatoms. The number of carbonyl (C=O) groups is 1. The van der Waals surface area contributed by atoms with Gasteiger partial charge in [-0.2, -0.15) is 0 Å². The number of para-hydroxylation sites is 1. The lowest BCUT2D eigenvalue weighted by Crippen LogP contribution is -2.42. The monoisotopic (exact) mass is 400 g/mol. The van der Waals surface area contributed by atoms with Crippen molar-refractivity contribution in [1.82, 2.24) is 10.2 Å². The predicted octanol–water partition coefficient (Wildman–Crippen LogP) is 1.83. The molecule has 1 amide bonds. The van der Waals surface area contributed by atoms with Gasteiger partial charge in [0.1, 0.15) is 36.1 Å². The molecule has 1 heterocycles. The molecular weight excluding hydrogens is 372 g/mol. The number of ether oxygens (including phenoxy) is 3. The second-order valence-corrected chi connectivity index (χ2v) is 7.15. The van der Waals surface area contributed by atoms with E-state index >= 15 is 0 Å². The maximum Gasteiger partial charge on any atom is 0.234 e. The number of aliphatic hydroxyl groups excluding tert-OH is 1. The van der Waals surface area contributed by atoms with E-state index < -0.39 is 6.10 Å². The molecule has 2 aromatic rings. The van der Waals surface area contributed by atoms with Crippen molar-refractivity contribution in [3.05, 3.63) is 54.1 Å². The molecule has 0 fully saturated rings. The first-order chi connectivity index (χ1) is 14.0. The van der Waals surface area contributed by atoms with Crippen molar-refractivity contribution in [2.45, 2.75) is 25.7 Å². The summed E-state index contributed by atoms with van der Waals surface area (Å²) in [5.74, 6) is 2.01. The average molecular weight is 400 g/mol. The van der Waals surface area contributed by atoms with E-state index in [0.29, 0.717) is 24.6 Å². The molecule has 0 spiro atoms. The Morgan fingerprint density at radius 1 is 1.28 bits per heavy atom. The van der Waals surface area contributed by atoms with E-state index in [2.05, 4.69) is 5.32 Å². The molecule has 0 saturated heterocycles. The Bertz CT molecular complexity index is 813. The van der Waals surface area contributed by atoms with E-state index in [0.717, 1.165) is 11.3 Å². The number of aliphatic hydroxyl groups is 1. The molecular formula is C22H28N2O5. The van der Waals surface area contributed by atoms with Gasteiger partial charge in [-0.05, 0) is 25.1 Å². The number of rotatable bonds is 8. The van der Waals surface area contributed by atoms with E-state index in [9.17, 15) is 9.90 Å². The van der Waals surface area contributed by atoms with E-state index in [1.807, 2.05) is 48.2 Å². The average Bonchev–Trinajstić information content (AvgIpc) is 2.88. The van der Waals surface area contributed by atoms with Crippen molar-refractivity contribution in [2.75, 3.05) is 33.4 Å². The summed E-state index contributed by atoms with van der Waals surface area (Å²) in [7, 11) is 1.58. The van der Waals surface area contributed by atoms with Crippen LogP contribution in [0.3, 0.4) is 0 Å². The lowest BCUT2D eigenvalue weighted by molar-refractivity contribution is -0.123. The van der Waals surface area contributed by atoms with Gasteiger partial charge < -0.3 is 24.6 Å². The smallest absolute Gasteiger partial charge is 0.234 e. The van der Waals surface area contributed by atoms with Crippen molar-refractivity contribution in [2.24, 2.45) is 0 Å². The van der Waals surface area contributed by atoms with Crippen molar-refractivity contribution in [3.8, 4) is 17.2 Å². The van der Waals surface area contributed by atoms with E-state index in [1.165, 1.54) is 0 Å². The highest BCUT2D eigenvalue weighted by molar-refractivity contribution is 5.78. The number of benzene rings is 2. The minimum absolute atomic E-state index is 0.00620. The van der Waals surface area contributed by atoms with Crippen LogP contribution in [-0.2, 0) is 11.3 Å². The van der Waals surface area contributed by atoms with Crippen LogP contribution in [0.4, 0.5) is 0 Å². The molecule has 1 aliphatic rings. The standard InChI is InChI=1S/C22H28N2O5/c1-16-12-24(13-17-6-3-4-9-21(17)29-16)14-22(26)23-11-18(25)15-28-20-8-5-7-19(10-20)27-2/h3-10,16,18,25H,11-15H2,1-2H3,(H,23,26). The van der Waals surface area contributed by atoms with Crippen LogP contribution in [0, 0.1) is 0 Å². The maximum absolute atomic E-state index is 12.3. The van der Waals surface area contributed by atoms with E-state index in [1.54, 1.807) is 19.2 Å². The van der Waals surface area contributed by atoms with Crippen LogP contribution in [0.5, 0.6) is 17.2 Å². The zero-order valence-electron chi connectivity index (χ0n) is 16.8. The van der Waals surface area contributed by atoms with Gasteiger partial charge in [0.15, 0.2) is 0 Å². The molecule has 2 N–H and O–H groups in total. The predicted molar refractivity (Wildman–Crippen MR) is 109 cm³/mol. The summed E-state index contributed by atoms with van der Waals surface area (Å²) >= 11 is 0. The molecule has 0 radical (unpaired) electrons. The van der Waals surface area contributed by atoms with Gasteiger partial charge in [-0.3, -0.25) is 9.69 Å². The topological polar surface area (TPSA) is 80.3 Å². The lowest BCUT2D eigenvalue weighted by atomic mass is 10.2. The molecule has 2 atom stereocenters. The zero-order chi connectivity index (χ0) is 20.6. The first kappa shape index (κ1) is 21.0. The van der Waals surface area contributed by atoms with Gasteiger partial charge in [0.25, 0.3) is 0 Å². The second kappa shape index (κ2) is 10.1. The number of hydrogen-bond acceptors (Lipinski definition) is 6. The molecule has 156 valence electrons. The molecule has 0 aliphatic carbocycles. The Labute approximate surface area is 171 Å². The highest BCUT2D eigenvalue weighted by Crippen LogP contribution is 2.24. The van der Waals surface area contributed by atoms with E-state index in [4.69, 9.17) is 14.2 Å². The fourth-order valence-electron chi connectivity index (χ4n) is 3.23. The molecule has 2 aromatic carbocycles. The third-order valence-corrected chi connectivity index (χ3v) is 4.60. The summed E-state index contributed by atoms with van der Waals surface area (Å²) in [6, 6.07) is 15.0. The van der Waals surface area contributed by atoms with Gasteiger partial charge in [-0.25, -0.2) is 0 Å². The Balaban J connectivity index is 1.43. The Morgan fingerprint density at radius 2 is 2.07 bits per heavy atom. The van der Waals surface area contributed by atoms with Crippen molar-refractivity contribution >= 4 is 5.91 Å². The van der Waals surface area contributed by atoms with Crippen LogP contribution in [0.15, 0.2) is 48.5 Å². The molecule has 3 rings (SSSR count). The van der Waals surface area contributed by atoms with Gasteiger partial charge in [0.05, 0.1) is 13.7 Å². The van der Waals surface area contributed by atoms with Gasteiger partial charge >= 0.3 is 0 Å². The SMILES string of the molecule is COc1cccc(OCC(O)CNC(=O)CN2Cc3ccccc3OC(C)C2)c1. The number of carbonyl (C=O) groups excluding carboxylic acids is 1. The van der Waals surface area contributed by atoms with Gasteiger partial charge in [-0.15, -0.1) is 0 Å². The molecule has 29 heavy (non-hydrogen) atoms. The number of hydrogen-bond donors (Lipinski definition) is 2. The van der Waals surface area contributed by atoms with Gasteiger partial charge in [0, 0.05) is 31.3 Å². The second-order valence-electron chi connectivity index (χ2n) is 7.15. The van der Waals surface area contributed by atoms with Crippen molar-refractivity contribution in [3.63, 3.8) is 0 Å². The highest BCUT2D eigenvalue weighted by atomic mass is 16.5. The van der Waals surface area contributed by atoms with Crippen molar-refractivity contribution in [1.29, 1.82) is 0 Å². The largest absolute Gasteiger partial charge is 0.497 e. The molecule has 0 aromatic heterocycles. The van der Waals surface area contributed by atoms with Crippen molar-refractivity contribution < 1.29 is 24.1 Å². The number of methoxy groups -OCH3 is 1. The number of amides is 1. The van der Waals surface area contributed by atoms with Crippen LogP contribution < -0.4 is 19.5 Å². The summed E-state index contributed by atoms with van der Waals surface area (Å²) in [5.41, 5.74) is 1.07. The van der Waals surface area contributed by atoms with Gasteiger partial charge in [-0.1, -0.05) is 24.3 Å². The van der Waals surface area contributed by atoms with Crippen LogP contribution in [-0.4, -0.2) is 61.5 Å². The van der Waals surface area contributed by atoms with Crippen LogP contribution in [0.2, 0.25) is 0 Å². The zero-order valence-corrected chi connectivity index (χ0v) is 16.8. The summed E-state index contributed by atoms with van der Waals surface area (Å²) in [6.45, 7) is 3.74. The summed E-state index contributed by atoms with van der Waals surface area (Å²) < 4.78 is 16.6. The molecule has 7 nitrogen and oxygen atoms in total. The number of fused-ring (bicyclic) bond motifs is 1. The first-order valence-corrected chi connectivity index (χ1v) is 9.72. The molecule has 0 saturated carbocycles. The Kier molecular flexibility index (Phi) is 7.32. The number of nitrogens with zero attached hydrogens (tertiary/aromatic N) is 1. The summed E-state index contributed by atoms with van der Waals surface area (Å²) in [6.07, 6.45) is -0.814. The first-order valence-electron chi connectivity index (χ1n) is 9.72. The minimum atomic E-state index is -0.808. The van der Waals surface area contributed by atoms with Crippen LogP contribution >= 0.6 is 0 Å². The third-order valence-electron chi connectivity index (χ3n) is 4.60. The summed E-state index contributed by atoms with van der Waals surface area (Å²) in [5, 5.41) is 12.9. The maximum atomic E-state index is 12.3. The fraction of sp³-hybridized carbons (Fsp3) is 0.409. The normalized spacial score (nSPS) is 17.4. The highest BCUT2D eigenvalue weighted by Gasteiger charge is 2.21. The van der Waals surface area contributed by atoms with Crippen LogP contribution in [0.1, 0.15) is 12.5 Å².